The maximum Gasteiger partial charge on any atom is 0.254 e. The van der Waals surface area contributed by atoms with Crippen LogP contribution in [0.3, 0.4) is 0 Å². The first-order valence-corrected chi connectivity index (χ1v) is 11.5. The van der Waals surface area contributed by atoms with Crippen LogP contribution in [0.2, 0.25) is 0 Å². The molecule has 30 heavy (non-hydrogen) atoms. The molecule has 1 amide bonds. The second-order valence-corrected chi connectivity index (χ2v) is 9.33. The number of amides is 1. The van der Waals surface area contributed by atoms with Crippen molar-refractivity contribution in [3.05, 3.63) is 101 Å². The van der Waals surface area contributed by atoms with E-state index >= 15 is 0 Å². The van der Waals surface area contributed by atoms with Crippen LogP contribution in [-0.2, 0) is 23.1 Å². The zero-order valence-corrected chi connectivity index (χ0v) is 18.3. The van der Waals surface area contributed by atoms with Gasteiger partial charge in [-0.3, -0.25) is 9.10 Å². The molecule has 0 radical (unpaired) electrons. The highest BCUT2D eigenvalue weighted by Gasteiger charge is 2.22. The van der Waals surface area contributed by atoms with Crippen LogP contribution in [0.15, 0.2) is 78.9 Å². The zero-order chi connectivity index (χ0) is 21.7. The summed E-state index contributed by atoms with van der Waals surface area (Å²) in [5.74, 6) is -0.135. The second kappa shape index (κ2) is 9.13. The number of carbonyl (C=O) groups excluding carboxylic acids is 1. The fraction of sp³-hybridized carbons (Fsp3) is 0.208. The van der Waals surface area contributed by atoms with Crippen LogP contribution in [0, 0.1) is 6.92 Å². The highest BCUT2D eigenvalue weighted by atomic mass is 32.2. The Kier molecular flexibility index (Phi) is 6.57. The minimum atomic E-state index is -3.43. The van der Waals surface area contributed by atoms with Crippen molar-refractivity contribution in [2.75, 3.05) is 17.6 Å². The van der Waals surface area contributed by atoms with Crippen LogP contribution in [-0.4, -0.2) is 32.5 Å². The average Bonchev–Trinajstić information content (AvgIpc) is 2.73. The predicted molar refractivity (Wildman–Crippen MR) is 121 cm³/mol. The lowest BCUT2D eigenvalue weighted by atomic mass is 10.0. The normalized spacial score (nSPS) is 11.2. The van der Waals surface area contributed by atoms with E-state index in [1.165, 1.54) is 11.4 Å². The first-order valence-electron chi connectivity index (χ1n) is 9.68. The van der Waals surface area contributed by atoms with E-state index in [0.717, 1.165) is 17.4 Å². The molecule has 0 aliphatic rings. The molecular weight excluding hydrogens is 396 g/mol. The van der Waals surface area contributed by atoms with Gasteiger partial charge < -0.3 is 4.90 Å². The average molecular weight is 423 g/mol. The quantitative estimate of drug-likeness (QED) is 0.572. The summed E-state index contributed by atoms with van der Waals surface area (Å²) in [5.41, 5.74) is 3.70. The fourth-order valence-corrected chi connectivity index (χ4v) is 3.91. The van der Waals surface area contributed by atoms with Gasteiger partial charge in [-0.25, -0.2) is 8.42 Å². The van der Waals surface area contributed by atoms with Gasteiger partial charge in [0.15, 0.2) is 0 Å². The van der Waals surface area contributed by atoms with Crippen molar-refractivity contribution in [3.63, 3.8) is 0 Å². The van der Waals surface area contributed by atoms with Gasteiger partial charge in [0.1, 0.15) is 0 Å². The summed E-state index contributed by atoms with van der Waals surface area (Å²) in [7, 11) is -1.93. The Balaban J connectivity index is 1.98. The minimum Gasteiger partial charge on any atom is -0.330 e. The first kappa shape index (κ1) is 21.6. The van der Waals surface area contributed by atoms with E-state index in [-0.39, 0.29) is 5.91 Å². The SMILES string of the molecule is Cc1c(C(=O)N(Cc2ccccc2)Cc2ccccc2)cccc1N(C)S(C)(=O)=O. The van der Waals surface area contributed by atoms with Crippen molar-refractivity contribution in [1.29, 1.82) is 0 Å². The van der Waals surface area contributed by atoms with Gasteiger partial charge in [0, 0.05) is 25.7 Å². The van der Waals surface area contributed by atoms with Crippen LogP contribution < -0.4 is 4.31 Å². The molecule has 3 rings (SSSR count). The Morgan fingerprint density at radius 2 is 1.30 bits per heavy atom. The first-order chi connectivity index (χ1) is 14.3. The smallest absolute Gasteiger partial charge is 0.254 e. The molecule has 3 aromatic carbocycles. The van der Waals surface area contributed by atoms with Gasteiger partial charge in [0.25, 0.3) is 5.91 Å². The lowest BCUT2D eigenvalue weighted by molar-refractivity contribution is 0.0729. The highest BCUT2D eigenvalue weighted by Crippen LogP contribution is 2.26. The van der Waals surface area contributed by atoms with Crippen molar-refractivity contribution in [3.8, 4) is 0 Å². The maximum absolute atomic E-state index is 13.6. The predicted octanol–water partition coefficient (Wildman–Crippen LogP) is 4.23. The van der Waals surface area contributed by atoms with Crippen molar-refractivity contribution >= 4 is 21.6 Å². The Labute approximate surface area is 178 Å². The van der Waals surface area contributed by atoms with Crippen molar-refractivity contribution in [2.45, 2.75) is 20.0 Å². The zero-order valence-electron chi connectivity index (χ0n) is 17.4. The number of sulfonamides is 1. The second-order valence-electron chi connectivity index (χ2n) is 7.31. The molecule has 0 bridgehead atoms. The van der Waals surface area contributed by atoms with Gasteiger partial charge in [-0.05, 0) is 35.7 Å². The molecule has 0 aromatic heterocycles. The lowest BCUT2D eigenvalue weighted by Gasteiger charge is -2.26. The van der Waals surface area contributed by atoms with Crippen LogP contribution >= 0.6 is 0 Å². The van der Waals surface area contributed by atoms with Crippen LogP contribution in [0.5, 0.6) is 0 Å². The maximum atomic E-state index is 13.6. The van der Waals surface area contributed by atoms with Gasteiger partial charge in [-0.2, -0.15) is 0 Å². The molecule has 6 heteroatoms. The molecule has 0 saturated carbocycles. The number of nitrogens with zero attached hydrogens (tertiary/aromatic N) is 2. The van der Waals surface area contributed by atoms with E-state index < -0.39 is 10.0 Å². The van der Waals surface area contributed by atoms with E-state index in [1.54, 1.807) is 30.0 Å². The summed E-state index contributed by atoms with van der Waals surface area (Å²) < 4.78 is 25.2. The summed E-state index contributed by atoms with van der Waals surface area (Å²) in [6.07, 6.45) is 1.15. The van der Waals surface area contributed by atoms with E-state index in [1.807, 2.05) is 60.7 Å². The summed E-state index contributed by atoms with van der Waals surface area (Å²) >= 11 is 0. The molecule has 3 aromatic rings. The Bertz CT molecular complexity index is 1070. The molecule has 0 aliphatic carbocycles. The molecule has 0 aliphatic heterocycles. The molecule has 0 spiro atoms. The van der Waals surface area contributed by atoms with E-state index in [0.29, 0.717) is 29.9 Å². The molecule has 0 unspecified atom stereocenters. The van der Waals surface area contributed by atoms with Crippen LogP contribution in [0.4, 0.5) is 5.69 Å². The van der Waals surface area contributed by atoms with E-state index in [2.05, 4.69) is 0 Å². The highest BCUT2D eigenvalue weighted by molar-refractivity contribution is 7.92. The van der Waals surface area contributed by atoms with Gasteiger partial charge in [0.05, 0.1) is 11.9 Å². The van der Waals surface area contributed by atoms with Crippen LogP contribution in [0.25, 0.3) is 0 Å². The van der Waals surface area contributed by atoms with Crippen molar-refractivity contribution in [1.82, 2.24) is 4.90 Å². The molecule has 156 valence electrons. The Morgan fingerprint density at radius 1 is 0.800 bits per heavy atom. The van der Waals surface area contributed by atoms with Crippen molar-refractivity contribution in [2.24, 2.45) is 0 Å². The van der Waals surface area contributed by atoms with Gasteiger partial charge in [-0.15, -0.1) is 0 Å². The van der Waals surface area contributed by atoms with Gasteiger partial charge in [0.2, 0.25) is 10.0 Å². The van der Waals surface area contributed by atoms with Gasteiger partial charge in [-0.1, -0.05) is 66.7 Å². The molecule has 0 N–H and O–H groups in total. The number of hydrogen-bond acceptors (Lipinski definition) is 3. The van der Waals surface area contributed by atoms with E-state index in [4.69, 9.17) is 0 Å². The lowest BCUT2D eigenvalue weighted by Crippen LogP contribution is -2.31. The summed E-state index contributed by atoms with van der Waals surface area (Å²) in [6.45, 7) is 2.70. The third-order valence-corrected chi connectivity index (χ3v) is 6.28. The number of carbonyl (C=O) groups is 1. The Hall–Kier alpha value is -3.12. The largest absolute Gasteiger partial charge is 0.330 e. The molecular formula is C24H26N2O3S. The van der Waals surface area contributed by atoms with Crippen molar-refractivity contribution < 1.29 is 13.2 Å². The standard InChI is InChI=1S/C24H26N2O3S/c1-19-22(15-10-16-23(19)25(2)30(3,28)29)24(27)26(17-20-11-6-4-7-12-20)18-21-13-8-5-9-14-21/h4-16H,17-18H2,1-3H3. The van der Waals surface area contributed by atoms with Gasteiger partial charge >= 0.3 is 0 Å². The summed E-state index contributed by atoms with van der Waals surface area (Å²) in [5, 5.41) is 0. The number of hydrogen-bond donors (Lipinski definition) is 0. The van der Waals surface area contributed by atoms with E-state index in [9.17, 15) is 13.2 Å². The topological polar surface area (TPSA) is 57.7 Å². The summed E-state index contributed by atoms with van der Waals surface area (Å²) in [4.78, 5) is 15.3. The molecule has 5 nitrogen and oxygen atoms in total. The van der Waals surface area contributed by atoms with Crippen LogP contribution in [0.1, 0.15) is 27.0 Å². The molecule has 0 heterocycles. The number of rotatable bonds is 7. The molecule has 0 atom stereocenters. The molecule has 0 fully saturated rings. The summed E-state index contributed by atoms with van der Waals surface area (Å²) in [6, 6.07) is 24.9. The monoisotopic (exact) mass is 422 g/mol. The molecule has 0 saturated heterocycles. The third-order valence-electron chi connectivity index (χ3n) is 5.09. The number of anilines is 1. The Morgan fingerprint density at radius 3 is 1.77 bits per heavy atom. The third kappa shape index (κ3) is 5.07. The fourth-order valence-electron chi connectivity index (χ4n) is 3.35. The number of benzene rings is 3. The minimum absolute atomic E-state index is 0.135.